The molecule has 0 aromatic rings. The van der Waals surface area contributed by atoms with E-state index in [-0.39, 0.29) is 31.1 Å². The molecular weight excluding hydrogens is 817 g/mol. The second kappa shape index (κ2) is 52.8. The predicted octanol–water partition coefficient (Wildman–Crippen LogP) is 19.7. The number of ether oxygens (including phenoxy) is 3. The maximum absolute atomic E-state index is 12.8. The summed E-state index contributed by atoms with van der Waals surface area (Å²) < 4.78 is 16.9. The van der Waals surface area contributed by atoms with Gasteiger partial charge in [-0.15, -0.1) is 0 Å². The molecule has 6 heteroatoms. The maximum atomic E-state index is 12.8. The van der Waals surface area contributed by atoms with Crippen LogP contribution in [0.2, 0.25) is 0 Å². The summed E-state index contributed by atoms with van der Waals surface area (Å²) in [6.45, 7) is 11.4. The molecule has 0 rings (SSSR count). The Labute approximate surface area is 412 Å². The summed E-state index contributed by atoms with van der Waals surface area (Å²) in [4.78, 5) is 38.1. The van der Waals surface area contributed by atoms with Crippen LogP contribution in [0.4, 0.5) is 0 Å². The molecule has 0 aromatic carbocycles. The van der Waals surface area contributed by atoms with Crippen molar-refractivity contribution in [2.75, 3.05) is 13.2 Å². The van der Waals surface area contributed by atoms with Gasteiger partial charge >= 0.3 is 17.9 Å². The highest BCUT2D eigenvalue weighted by Gasteiger charge is 2.19. The molecule has 0 spiro atoms. The Hall–Kier alpha value is -1.59. The van der Waals surface area contributed by atoms with Gasteiger partial charge in [0.2, 0.25) is 0 Å². The zero-order chi connectivity index (χ0) is 48.2. The van der Waals surface area contributed by atoms with Crippen molar-refractivity contribution in [3.05, 3.63) is 0 Å². The summed E-state index contributed by atoms with van der Waals surface area (Å²) in [6.07, 6.45) is 56.8. The minimum Gasteiger partial charge on any atom is -0.462 e. The molecule has 66 heavy (non-hydrogen) atoms. The van der Waals surface area contributed by atoms with Gasteiger partial charge in [-0.3, -0.25) is 14.4 Å². The van der Waals surface area contributed by atoms with Crippen LogP contribution in [0.3, 0.4) is 0 Å². The Kier molecular flexibility index (Phi) is 51.5. The molecule has 0 bridgehead atoms. The smallest absolute Gasteiger partial charge is 0.306 e. The zero-order valence-corrected chi connectivity index (χ0v) is 45.3. The van der Waals surface area contributed by atoms with Crippen LogP contribution in [0, 0.1) is 11.8 Å². The van der Waals surface area contributed by atoms with E-state index in [2.05, 4.69) is 34.6 Å². The molecule has 0 fully saturated rings. The minimum atomic E-state index is -0.761. The van der Waals surface area contributed by atoms with Gasteiger partial charge in [-0.2, -0.15) is 0 Å². The lowest BCUT2D eigenvalue weighted by Gasteiger charge is -2.18. The molecule has 0 aliphatic carbocycles. The number of carbonyl (C=O) groups excluding carboxylic acids is 3. The van der Waals surface area contributed by atoms with Gasteiger partial charge in [0, 0.05) is 19.3 Å². The second-order valence-electron chi connectivity index (χ2n) is 21.6. The fourth-order valence-corrected chi connectivity index (χ4v) is 9.23. The van der Waals surface area contributed by atoms with Gasteiger partial charge in [0.05, 0.1) is 0 Å². The molecule has 0 aliphatic rings. The molecular formula is C60H116O6. The van der Waals surface area contributed by atoms with E-state index in [9.17, 15) is 14.4 Å². The molecule has 0 aliphatic heterocycles. The first kappa shape index (κ1) is 64.4. The lowest BCUT2D eigenvalue weighted by molar-refractivity contribution is -0.167. The molecule has 0 unspecified atom stereocenters. The summed E-state index contributed by atoms with van der Waals surface area (Å²) in [5, 5.41) is 0. The topological polar surface area (TPSA) is 78.9 Å². The van der Waals surface area contributed by atoms with Gasteiger partial charge in [0.15, 0.2) is 6.10 Å². The van der Waals surface area contributed by atoms with E-state index in [1.165, 1.54) is 225 Å². The standard InChI is InChI=1S/C60H116O6/c1-6-7-8-9-10-28-37-42-47-52-60(63)66-57(54-65-59(62)51-46-41-36-32-27-23-19-15-17-21-25-30-34-39-44-49-56(4)5)53-64-58(61)50-45-40-35-31-26-22-18-14-12-11-13-16-20-24-29-33-38-43-48-55(2)3/h55-57H,6-54H2,1-5H3/t57-/m1/s1. The van der Waals surface area contributed by atoms with Crippen molar-refractivity contribution >= 4 is 17.9 Å². The number of hydrogen-bond donors (Lipinski definition) is 0. The van der Waals surface area contributed by atoms with Crippen LogP contribution in [0.1, 0.15) is 336 Å². The van der Waals surface area contributed by atoms with Gasteiger partial charge < -0.3 is 14.2 Å². The number of carbonyl (C=O) groups is 3. The Bertz CT molecular complexity index is 1010. The van der Waals surface area contributed by atoms with Crippen molar-refractivity contribution in [1.29, 1.82) is 0 Å². The van der Waals surface area contributed by atoms with Crippen molar-refractivity contribution in [2.45, 2.75) is 343 Å². The lowest BCUT2D eigenvalue weighted by Crippen LogP contribution is -2.30. The third-order valence-electron chi connectivity index (χ3n) is 13.7. The fourth-order valence-electron chi connectivity index (χ4n) is 9.23. The molecule has 0 saturated heterocycles. The van der Waals surface area contributed by atoms with Gasteiger partial charge in [-0.25, -0.2) is 0 Å². The van der Waals surface area contributed by atoms with Crippen LogP contribution >= 0.6 is 0 Å². The zero-order valence-electron chi connectivity index (χ0n) is 45.3. The Balaban J connectivity index is 4.15. The SMILES string of the molecule is CCCCCCCCCCCC(=O)O[C@H](COC(=O)CCCCCCCCCCCCCCCCCCCCC(C)C)COC(=O)CCCCCCCCCCCCCCCCCC(C)C. The van der Waals surface area contributed by atoms with E-state index >= 15 is 0 Å². The first-order valence-corrected chi connectivity index (χ1v) is 29.7. The molecule has 1 atom stereocenters. The highest BCUT2D eigenvalue weighted by atomic mass is 16.6. The van der Waals surface area contributed by atoms with Gasteiger partial charge in [-0.1, -0.05) is 298 Å². The molecule has 0 heterocycles. The first-order chi connectivity index (χ1) is 32.2. The molecule has 6 nitrogen and oxygen atoms in total. The van der Waals surface area contributed by atoms with E-state index < -0.39 is 6.10 Å². The summed E-state index contributed by atoms with van der Waals surface area (Å²) >= 11 is 0. The van der Waals surface area contributed by atoms with Crippen molar-refractivity contribution in [3.8, 4) is 0 Å². The van der Waals surface area contributed by atoms with Crippen LogP contribution in [0.5, 0.6) is 0 Å². The molecule has 0 amide bonds. The van der Waals surface area contributed by atoms with Crippen molar-refractivity contribution in [2.24, 2.45) is 11.8 Å². The number of rotatable bonds is 54. The fraction of sp³-hybridized carbons (Fsp3) is 0.950. The third kappa shape index (κ3) is 53.4. The average molecular weight is 934 g/mol. The average Bonchev–Trinajstić information content (AvgIpc) is 3.29. The summed E-state index contributed by atoms with van der Waals surface area (Å²) in [6, 6.07) is 0. The van der Waals surface area contributed by atoms with Crippen LogP contribution in [-0.4, -0.2) is 37.2 Å². The van der Waals surface area contributed by atoms with E-state index in [0.717, 1.165) is 69.6 Å². The van der Waals surface area contributed by atoms with E-state index in [1.54, 1.807) is 0 Å². The molecule has 0 aromatic heterocycles. The molecule has 0 saturated carbocycles. The van der Waals surface area contributed by atoms with E-state index in [0.29, 0.717) is 19.3 Å². The highest BCUT2D eigenvalue weighted by Crippen LogP contribution is 2.18. The van der Waals surface area contributed by atoms with Gasteiger partial charge in [-0.05, 0) is 31.1 Å². The molecule has 0 N–H and O–H groups in total. The lowest BCUT2D eigenvalue weighted by atomic mass is 10.0. The largest absolute Gasteiger partial charge is 0.462 e. The minimum absolute atomic E-state index is 0.0626. The molecule has 0 radical (unpaired) electrons. The van der Waals surface area contributed by atoms with Crippen LogP contribution < -0.4 is 0 Å². The summed E-state index contributed by atoms with van der Waals surface area (Å²) in [7, 11) is 0. The maximum Gasteiger partial charge on any atom is 0.306 e. The highest BCUT2D eigenvalue weighted by molar-refractivity contribution is 5.71. The molecule has 392 valence electrons. The number of esters is 3. The normalized spacial score (nSPS) is 12.0. The van der Waals surface area contributed by atoms with Crippen molar-refractivity contribution in [3.63, 3.8) is 0 Å². The van der Waals surface area contributed by atoms with Crippen LogP contribution in [0.25, 0.3) is 0 Å². The number of unbranched alkanes of at least 4 members (excludes halogenated alkanes) is 39. The quantitative estimate of drug-likeness (QED) is 0.0343. The summed E-state index contributed by atoms with van der Waals surface area (Å²) in [5.74, 6) is 0.868. The van der Waals surface area contributed by atoms with Gasteiger partial charge in [0.1, 0.15) is 13.2 Å². The van der Waals surface area contributed by atoms with E-state index in [4.69, 9.17) is 14.2 Å². The number of hydrogen-bond acceptors (Lipinski definition) is 6. The Morgan fingerprint density at radius 2 is 0.500 bits per heavy atom. The predicted molar refractivity (Wildman–Crippen MR) is 284 cm³/mol. The summed E-state index contributed by atoms with van der Waals surface area (Å²) in [5.41, 5.74) is 0. The Morgan fingerprint density at radius 1 is 0.288 bits per heavy atom. The third-order valence-corrected chi connectivity index (χ3v) is 13.7. The van der Waals surface area contributed by atoms with Crippen LogP contribution in [0.15, 0.2) is 0 Å². The van der Waals surface area contributed by atoms with Crippen LogP contribution in [-0.2, 0) is 28.6 Å². The monoisotopic (exact) mass is 933 g/mol. The first-order valence-electron chi connectivity index (χ1n) is 29.7. The van der Waals surface area contributed by atoms with Gasteiger partial charge in [0.25, 0.3) is 0 Å². The Morgan fingerprint density at radius 3 is 0.742 bits per heavy atom. The second-order valence-corrected chi connectivity index (χ2v) is 21.6. The van der Waals surface area contributed by atoms with Crippen molar-refractivity contribution < 1.29 is 28.6 Å². The van der Waals surface area contributed by atoms with E-state index in [1.807, 2.05) is 0 Å². The van der Waals surface area contributed by atoms with Crippen molar-refractivity contribution in [1.82, 2.24) is 0 Å².